The number of hydrogen-bond donors (Lipinski definition) is 1. The van der Waals surface area contributed by atoms with Crippen LogP contribution in [0.2, 0.25) is 0 Å². The van der Waals surface area contributed by atoms with Crippen molar-refractivity contribution >= 4 is 0 Å². The number of aryl methyl sites for hydroxylation is 3. The summed E-state index contributed by atoms with van der Waals surface area (Å²) in [7, 11) is 1.84. The van der Waals surface area contributed by atoms with Crippen molar-refractivity contribution in [2.24, 2.45) is 7.05 Å². The molecule has 0 saturated heterocycles. The SMILES string of the molecule is Cc1ccc(C)c(C(C)(O)c2ccnn2C)c1. The molecule has 1 unspecified atom stereocenters. The summed E-state index contributed by atoms with van der Waals surface area (Å²) >= 11 is 0. The van der Waals surface area contributed by atoms with Crippen LogP contribution in [0.25, 0.3) is 0 Å². The Morgan fingerprint density at radius 3 is 2.53 bits per heavy atom. The van der Waals surface area contributed by atoms with Crippen molar-refractivity contribution in [1.82, 2.24) is 9.78 Å². The third-order valence-corrected chi connectivity index (χ3v) is 3.24. The predicted molar refractivity (Wildman–Crippen MR) is 67.8 cm³/mol. The normalized spacial score (nSPS) is 14.6. The Labute approximate surface area is 102 Å². The lowest BCUT2D eigenvalue weighted by atomic mass is 9.88. The van der Waals surface area contributed by atoms with E-state index in [-0.39, 0.29) is 0 Å². The Kier molecular flexibility index (Phi) is 2.79. The zero-order valence-corrected chi connectivity index (χ0v) is 10.7. The first-order chi connectivity index (χ1) is 7.93. The lowest BCUT2D eigenvalue weighted by Crippen LogP contribution is -2.27. The third-order valence-electron chi connectivity index (χ3n) is 3.24. The van der Waals surface area contributed by atoms with Gasteiger partial charge in [0.1, 0.15) is 5.60 Å². The molecule has 1 atom stereocenters. The summed E-state index contributed by atoms with van der Waals surface area (Å²) in [6.45, 7) is 5.85. The van der Waals surface area contributed by atoms with Gasteiger partial charge in [-0.15, -0.1) is 0 Å². The summed E-state index contributed by atoms with van der Waals surface area (Å²) in [5.41, 5.74) is 2.95. The lowest BCUT2D eigenvalue weighted by molar-refractivity contribution is 0.0921. The molecule has 1 heterocycles. The molecule has 3 nitrogen and oxygen atoms in total. The molecular weight excluding hydrogens is 212 g/mol. The Balaban J connectivity index is 2.59. The Bertz CT molecular complexity index is 541. The van der Waals surface area contributed by atoms with Crippen LogP contribution in [0, 0.1) is 13.8 Å². The number of rotatable bonds is 2. The molecule has 2 aromatic rings. The van der Waals surface area contributed by atoms with E-state index < -0.39 is 5.60 Å². The first-order valence-corrected chi connectivity index (χ1v) is 5.71. The quantitative estimate of drug-likeness (QED) is 0.859. The molecule has 0 spiro atoms. The van der Waals surface area contributed by atoms with Crippen LogP contribution in [-0.4, -0.2) is 14.9 Å². The predicted octanol–water partition coefficient (Wildman–Crippen LogP) is 2.29. The third kappa shape index (κ3) is 1.98. The van der Waals surface area contributed by atoms with Crippen molar-refractivity contribution in [3.8, 4) is 0 Å². The first kappa shape index (κ1) is 11.9. The van der Waals surface area contributed by atoms with E-state index in [4.69, 9.17) is 0 Å². The minimum absolute atomic E-state index is 0.797. The first-order valence-electron chi connectivity index (χ1n) is 5.71. The fraction of sp³-hybridized carbons (Fsp3) is 0.357. The molecule has 1 N–H and O–H groups in total. The summed E-state index contributed by atoms with van der Waals surface area (Å²) in [5.74, 6) is 0. The standard InChI is InChI=1S/C14H18N2O/c1-10-5-6-11(2)12(9-10)14(3,17)13-7-8-15-16(13)4/h5-9,17H,1-4H3. The second kappa shape index (κ2) is 4.00. The monoisotopic (exact) mass is 230 g/mol. The van der Waals surface area contributed by atoms with E-state index >= 15 is 0 Å². The molecule has 17 heavy (non-hydrogen) atoms. The van der Waals surface area contributed by atoms with Gasteiger partial charge in [-0.1, -0.05) is 23.8 Å². The highest BCUT2D eigenvalue weighted by Crippen LogP contribution is 2.31. The number of aliphatic hydroxyl groups is 1. The van der Waals surface area contributed by atoms with Crippen LogP contribution in [0.15, 0.2) is 30.5 Å². The van der Waals surface area contributed by atoms with E-state index in [1.165, 1.54) is 0 Å². The van der Waals surface area contributed by atoms with E-state index in [0.717, 1.165) is 22.4 Å². The molecule has 0 aliphatic rings. The summed E-state index contributed by atoms with van der Waals surface area (Å²) in [6, 6.07) is 7.97. The zero-order valence-electron chi connectivity index (χ0n) is 10.7. The second-order valence-corrected chi connectivity index (χ2v) is 4.73. The van der Waals surface area contributed by atoms with Gasteiger partial charge in [0.05, 0.1) is 5.69 Å². The van der Waals surface area contributed by atoms with Crippen molar-refractivity contribution in [2.75, 3.05) is 0 Å². The number of hydrogen-bond acceptors (Lipinski definition) is 2. The maximum atomic E-state index is 10.8. The molecule has 0 bridgehead atoms. The zero-order chi connectivity index (χ0) is 12.6. The fourth-order valence-electron chi connectivity index (χ4n) is 2.25. The highest BCUT2D eigenvalue weighted by atomic mass is 16.3. The Morgan fingerprint density at radius 1 is 1.24 bits per heavy atom. The van der Waals surface area contributed by atoms with E-state index in [2.05, 4.69) is 11.2 Å². The van der Waals surface area contributed by atoms with Gasteiger partial charge in [0, 0.05) is 13.2 Å². The van der Waals surface area contributed by atoms with Gasteiger partial charge in [0.25, 0.3) is 0 Å². The molecule has 2 rings (SSSR count). The molecule has 0 aliphatic carbocycles. The van der Waals surface area contributed by atoms with Crippen LogP contribution < -0.4 is 0 Å². The van der Waals surface area contributed by atoms with Crippen LogP contribution in [0.3, 0.4) is 0 Å². The minimum atomic E-state index is -1.01. The summed E-state index contributed by atoms with van der Waals surface area (Å²) in [6.07, 6.45) is 1.70. The Morgan fingerprint density at radius 2 is 1.94 bits per heavy atom. The average Bonchev–Trinajstić information content (AvgIpc) is 2.68. The van der Waals surface area contributed by atoms with Crippen molar-refractivity contribution < 1.29 is 5.11 Å². The molecule has 0 fully saturated rings. The molecule has 90 valence electrons. The van der Waals surface area contributed by atoms with E-state index in [1.807, 2.05) is 46.0 Å². The molecule has 1 aromatic heterocycles. The number of aromatic nitrogens is 2. The van der Waals surface area contributed by atoms with Crippen LogP contribution in [0.1, 0.15) is 29.3 Å². The van der Waals surface area contributed by atoms with Gasteiger partial charge in [0.2, 0.25) is 0 Å². The van der Waals surface area contributed by atoms with Crippen LogP contribution in [0.4, 0.5) is 0 Å². The smallest absolute Gasteiger partial charge is 0.129 e. The van der Waals surface area contributed by atoms with Gasteiger partial charge < -0.3 is 5.11 Å². The minimum Gasteiger partial charge on any atom is -0.379 e. The fourth-order valence-corrected chi connectivity index (χ4v) is 2.25. The van der Waals surface area contributed by atoms with E-state index in [9.17, 15) is 5.11 Å². The van der Waals surface area contributed by atoms with Gasteiger partial charge in [-0.2, -0.15) is 5.10 Å². The molecule has 0 radical (unpaired) electrons. The van der Waals surface area contributed by atoms with Crippen LogP contribution >= 0.6 is 0 Å². The van der Waals surface area contributed by atoms with Crippen LogP contribution in [-0.2, 0) is 12.6 Å². The van der Waals surface area contributed by atoms with E-state index in [0.29, 0.717) is 0 Å². The highest BCUT2D eigenvalue weighted by Gasteiger charge is 2.30. The van der Waals surface area contributed by atoms with Crippen molar-refractivity contribution in [2.45, 2.75) is 26.4 Å². The van der Waals surface area contributed by atoms with Gasteiger partial charge >= 0.3 is 0 Å². The van der Waals surface area contributed by atoms with Crippen molar-refractivity contribution in [3.05, 3.63) is 52.8 Å². The average molecular weight is 230 g/mol. The molecule has 1 aromatic carbocycles. The number of benzene rings is 1. The molecule has 3 heteroatoms. The summed E-state index contributed by atoms with van der Waals surface area (Å²) in [4.78, 5) is 0. The maximum Gasteiger partial charge on any atom is 0.129 e. The van der Waals surface area contributed by atoms with Gasteiger partial charge in [-0.25, -0.2) is 0 Å². The largest absolute Gasteiger partial charge is 0.379 e. The topological polar surface area (TPSA) is 38.1 Å². The molecule has 0 aliphatic heterocycles. The summed E-state index contributed by atoms with van der Waals surface area (Å²) < 4.78 is 1.71. The second-order valence-electron chi connectivity index (χ2n) is 4.73. The van der Waals surface area contributed by atoms with Gasteiger partial charge in [-0.05, 0) is 38.0 Å². The molecule has 0 amide bonds. The van der Waals surface area contributed by atoms with Crippen LogP contribution in [0.5, 0.6) is 0 Å². The van der Waals surface area contributed by atoms with Gasteiger partial charge in [-0.3, -0.25) is 4.68 Å². The van der Waals surface area contributed by atoms with E-state index in [1.54, 1.807) is 10.9 Å². The highest BCUT2D eigenvalue weighted by molar-refractivity contribution is 5.39. The van der Waals surface area contributed by atoms with Gasteiger partial charge in [0.15, 0.2) is 0 Å². The molecule has 0 saturated carbocycles. The van der Waals surface area contributed by atoms with Crippen molar-refractivity contribution in [1.29, 1.82) is 0 Å². The lowest BCUT2D eigenvalue weighted by Gasteiger charge is -2.26. The van der Waals surface area contributed by atoms with Crippen molar-refractivity contribution in [3.63, 3.8) is 0 Å². The number of nitrogens with zero attached hydrogens (tertiary/aromatic N) is 2. The molecular formula is C14H18N2O. The Hall–Kier alpha value is -1.61. The maximum absolute atomic E-state index is 10.8. The summed E-state index contributed by atoms with van der Waals surface area (Å²) in [5, 5.41) is 14.9.